The van der Waals surface area contributed by atoms with Gasteiger partial charge in [-0.05, 0) is 6.07 Å². The van der Waals surface area contributed by atoms with Gasteiger partial charge in [0.2, 0.25) is 5.82 Å². The van der Waals surface area contributed by atoms with Crippen LogP contribution < -0.4 is 10.1 Å². The van der Waals surface area contributed by atoms with Gasteiger partial charge < -0.3 is 10.1 Å². The number of benzene rings is 1. The third-order valence-corrected chi connectivity index (χ3v) is 3.67. The van der Waals surface area contributed by atoms with E-state index >= 15 is 0 Å². The Bertz CT molecular complexity index is 456. The van der Waals surface area contributed by atoms with Crippen molar-refractivity contribution in [1.29, 1.82) is 0 Å². The molecule has 1 aromatic rings. The van der Waals surface area contributed by atoms with Crippen LogP contribution in [0.15, 0.2) is 12.1 Å². The number of hydrogen-bond donors (Lipinski definition) is 1. The van der Waals surface area contributed by atoms with Gasteiger partial charge in [0.25, 0.3) is 0 Å². The molecule has 0 saturated carbocycles. The molecule has 3 nitrogen and oxygen atoms in total. The number of halogens is 4. The topological polar surface area (TPSA) is 24.5 Å². The standard InChI is InChI=1S/C13H16F2N2O.2ClH/c14-10-2-1-9-11(17-6-4-16-5-7-17)3-8-18-13(9)12(10)15;;/h1-2,11,16H,3-8H2;2*1H. The molecule has 2 heterocycles. The van der Waals surface area contributed by atoms with Crippen molar-refractivity contribution in [3.05, 3.63) is 29.3 Å². The molecular weight excluding hydrogens is 309 g/mol. The van der Waals surface area contributed by atoms with E-state index in [1.54, 1.807) is 6.07 Å². The third-order valence-electron chi connectivity index (χ3n) is 3.67. The van der Waals surface area contributed by atoms with Crippen LogP contribution in [0.2, 0.25) is 0 Å². The highest BCUT2D eigenvalue weighted by molar-refractivity contribution is 5.85. The molecule has 1 aromatic carbocycles. The molecule has 1 fully saturated rings. The van der Waals surface area contributed by atoms with Crippen LogP contribution in [0.25, 0.3) is 0 Å². The Balaban J connectivity index is 0.000001000. The summed E-state index contributed by atoms with van der Waals surface area (Å²) in [6.07, 6.45) is 0.831. The first kappa shape index (κ1) is 17.4. The average Bonchev–Trinajstić information content (AvgIpc) is 2.43. The Labute approximate surface area is 129 Å². The molecule has 114 valence electrons. The maximum atomic E-state index is 13.7. The molecule has 1 unspecified atom stereocenters. The molecule has 1 N–H and O–H groups in total. The number of hydrogen-bond acceptors (Lipinski definition) is 3. The van der Waals surface area contributed by atoms with E-state index in [1.807, 2.05) is 0 Å². The van der Waals surface area contributed by atoms with Crippen molar-refractivity contribution in [1.82, 2.24) is 10.2 Å². The number of nitrogens with zero attached hydrogens (tertiary/aromatic N) is 1. The van der Waals surface area contributed by atoms with Gasteiger partial charge in [-0.3, -0.25) is 4.90 Å². The second kappa shape index (κ2) is 7.41. The molecule has 0 aliphatic carbocycles. The summed E-state index contributed by atoms with van der Waals surface area (Å²) in [4.78, 5) is 2.31. The van der Waals surface area contributed by atoms with Crippen molar-refractivity contribution in [3.63, 3.8) is 0 Å². The molecule has 2 aliphatic heterocycles. The summed E-state index contributed by atoms with van der Waals surface area (Å²) in [5.74, 6) is -1.59. The van der Waals surface area contributed by atoms with Crippen LogP contribution in [0, 0.1) is 11.6 Å². The highest BCUT2D eigenvalue weighted by Crippen LogP contribution is 2.38. The van der Waals surface area contributed by atoms with Crippen molar-refractivity contribution >= 4 is 24.8 Å². The fourth-order valence-electron chi connectivity index (χ4n) is 2.76. The Morgan fingerprint density at radius 1 is 1.15 bits per heavy atom. The van der Waals surface area contributed by atoms with Gasteiger partial charge in [-0.2, -0.15) is 4.39 Å². The maximum Gasteiger partial charge on any atom is 0.200 e. The summed E-state index contributed by atoms with van der Waals surface area (Å²) in [6, 6.07) is 2.99. The number of nitrogens with one attached hydrogen (secondary N) is 1. The first-order chi connectivity index (χ1) is 8.77. The van der Waals surface area contributed by atoms with Crippen molar-refractivity contribution in [2.45, 2.75) is 12.5 Å². The minimum atomic E-state index is -0.854. The van der Waals surface area contributed by atoms with Gasteiger partial charge in [-0.25, -0.2) is 4.39 Å². The molecule has 3 rings (SSSR count). The second-order valence-electron chi connectivity index (χ2n) is 4.72. The molecule has 1 saturated heterocycles. The molecule has 0 bridgehead atoms. The first-order valence-corrected chi connectivity index (χ1v) is 6.33. The zero-order valence-electron chi connectivity index (χ0n) is 10.9. The Kier molecular flexibility index (Phi) is 6.45. The van der Waals surface area contributed by atoms with Crippen LogP contribution >= 0.6 is 24.8 Å². The van der Waals surface area contributed by atoms with Crippen LogP contribution in [-0.2, 0) is 0 Å². The summed E-state index contributed by atoms with van der Waals surface area (Å²) in [7, 11) is 0. The smallest absolute Gasteiger partial charge is 0.200 e. The zero-order chi connectivity index (χ0) is 12.5. The molecule has 2 aliphatic rings. The highest BCUT2D eigenvalue weighted by atomic mass is 35.5. The predicted molar refractivity (Wildman–Crippen MR) is 78.1 cm³/mol. The summed E-state index contributed by atoms with van der Waals surface area (Å²) in [6.45, 7) is 4.20. The Morgan fingerprint density at radius 3 is 2.55 bits per heavy atom. The number of fused-ring (bicyclic) bond motifs is 1. The SMILES string of the molecule is Cl.Cl.Fc1ccc2c(c1F)OCCC2N1CCNCC1. The van der Waals surface area contributed by atoms with Crippen LogP contribution in [-0.4, -0.2) is 37.7 Å². The molecule has 1 atom stereocenters. The zero-order valence-corrected chi connectivity index (χ0v) is 12.5. The van der Waals surface area contributed by atoms with Gasteiger partial charge in [0.15, 0.2) is 11.6 Å². The van der Waals surface area contributed by atoms with Gasteiger partial charge in [0.05, 0.1) is 6.61 Å². The minimum Gasteiger partial charge on any atom is -0.490 e. The molecular formula is C13H18Cl2F2N2O. The molecule has 0 radical (unpaired) electrons. The summed E-state index contributed by atoms with van der Waals surface area (Å²) in [5.41, 5.74) is 0.780. The van der Waals surface area contributed by atoms with E-state index in [4.69, 9.17) is 4.74 Å². The summed E-state index contributed by atoms with van der Waals surface area (Å²) < 4.78 is 32.2. The first-order valence-electron chi connectivity index (χ1n) is 6.33. The summed E-state index contributed by atoms with van der Waals surface area (Å²) >= 11 is 0. The van der Waals surface area contributed by atoms with Crippen molar-refractivity contribution in [2.75, 3.05) is 32.8 Å². The van der Waals surface area contributed by atoms with Crippen LogP contribution in [0.5, 0.6) is 5.75 Å². The van der Waals surface area contributed by atoms with Crippen LogP contribution in [0.3, 0.4) is 0 Å². The van der Waals surface area contributed by atoms with Crippen LogP contribution in [0.1, 0.15) is 18.0 Å². The molecule has 0 spiro atoms. The van der Waals surface area contributed by atoms with E-state index in [0.717, 1.165) is 38.2 Å². The quantitative estimate of drug-likeness (QED) is 0.858. The van der Waals surface area contributed by atoms with Crippen molar-refractivity contribution in [2.24, 2.45) is 0 Å². The lowest BCUT2D eigenvalue weighted by Crippen LogP contribution is -2.46. The van der Waals surface area contributed by atoms with Gasteiger partial charge in [-0.1, -0.05) is 6.07 Å². The van der Waals surface area contributed by atoms with Gasteiger partial charge in [-0.15, -0.1) is 24.8 Å². The lowest BCUT2D eigenvalue weighted by molar-refractivity contribution is 0.122. The monoisotopic (exact) mass is 326 g/mol. The molecule has 20 heavy (non-hydrogen) atoms. The fourth-order valence-corrected chi connectivity index (χ4v) is 2.76. The molecule has 0 aromatic heterocycles. The maximum absolute atomic E-state index is 13.7. The Morgan fingerprint density at radius 2 is 1.85 bits per heavy atom. The van der Waals surface area contributed by atoms with Gasteiger partial charge in [0.1, 0.15) is 0 Å². The second-order valence-corrected chi connectivity index (χ2v) is 4.72. The number of ether oxygens (including phenoxy) is 1. The fraction of sp³-hybridized carbons (Fsp3) is 0.538. The van der Waals surface area contributed by atoms with E-state index < -0.39 is 11.6 Å². The normalized spacial score (nSPS) is 22.0. The Hall–Kier alpha value is -0.620. The van der Waals surface area contributed by atoms with E-state index in [-0.39, 0.29) is 36.6 Å². The van der Waals surface area contributed by atoms with E-state index in [1.165, 1.54) is 6.07 Å². The van der Waals surface area contributed by atoms with E-state index in [2.05, 4.69) is 10.2 Å². The largest absolute Gasteiger partial charge is 0.490 e. The predicted octanol–water partition coefficient (Wildman–Crippen LogP) is 2.54. The van der Waals surface area contributed by atoms with Gasteiger partial charge in [0, 0.05) is 44.2 Å². The van der Waals surface area contributed by atoms with Crippen LogP contribution in [0.4, 0.5) is 8.78 Å². The summed E-state index contributed by atoms with van der Waals surface area (Å²) in [5, 5.41) is 3.29. The van der Waals surface area contributed by atoms with E-state index in [0.29, 0.717) is 6.61 Å². The average molecular weight is 327 g/mol. The third kappa shape index (κ3) is 3.17. The number of rotatable bonds is 1. The minimum absolute atomic E-state index is 0. The lowest BCUT2D eigenvalue weighted by Gasteiger charge is -2.38. The molecule has 7 heteroatoms. The lowest BCUT2D eigenvalue weighted by atomic mass is 9.98. The highest BCUT2D eigenvalue weighted by Gasteiger charge is 2.30. The van der Waals surface area contributed by atoms with E-state index in [9.17, 15) is 8.78 Å². The van der Waals surface area contributed by atoms with Gasteiger partial charge >= 0.3 is 0 Å². The van der Waals surface area contributed by atoms with Crippen molar-refractivity contribution in [3.8, 4) is 5.75 Å². The number of piperazine rings is 1. The molecule has 0 amide bonds. The van der Waals surface area contributed by atoms with Crippen molar-refractivity contribution < 1.29 is 13.5 Å².